The summed E-state index contributed by atoms with van der Waals surface area (Å²) in [4.78, 5) is 2.61. The van der Waals surface area contributed by atoms with Crippen LogP contribution in [0.4, 0.5) is 5.69 Å². The van der Waals surface area contributed by atoms with Gasteiger partial charge in [0, 0.05) is 29.4 Å². The van der Waals surface area contributed by atoms with Gasteiger partial charge in [0.2, 0.25) is 0 Å². The van der Waals surface area contributed by atoms with E-state index >= 15 is 0 Å². The van der Waals surface area contributed by atoms with Crippen LogP contribution in [-0.2, 0) is 34.9 Å². The van der Waals surface area contributed by atoms with Crippen LogP contribution in [0.5, 0.6) is 5.75 Å². The summed E-state index contributed by atoms with van der Waals surface area (Å²) in [5.74, 6) is 1.68. The fraction of sp³-hybridized carbons (Fsp3) is 0.617. The summed E-state index contributed by atoms with van der Waals surface area (Å²) < 4.78 is 0. The lowest BCUT2D eigenvalue weighted by Gasteiger charge is -2.44. The molecule has 50 heavy (non-hydrogen) atoms. The van der Waals surface area contributed by atoms with Crippen LogP contribution < -0.4 is 5.32 Å². The number of rotatable bonds is 13. The maximum Gasteiger partial charge on any atom is 0.123 e. The molecule has 0 saturated heterocycles. The lowest BCUT2D eigenvalue weighted by atomic mass is 9.78. The summed E-state index contributed by atoms with van der Waals surface area (Å²) in [5, 5.41) is 15.6. The van der Waals surface area contributed by atoms with Crippen LogP contribution >= 0.6 is 0 Å². The third kappa shape index (κ3) is 11.1. The minimum Gasteiger partial charge on any atom is -0.507 e. The first-order valence-corrected chi connectivity index (χ1v) is 19.3. The van der Waals surface area contributed by atoms with E-state index in [-0.39, 0.29) is 21.9 Å². The van der Waals surface area contributed by atoms with Gasteiger partial charge in [-0.2, -0.15) is 0 Å². The fourth-order valence-electron chi connectivity index (χ4n) is 7.85. The quantitative estimate of drug-likeness (QED) is 0.188. The molecule has 3 heteroatoms. The molecule has 0 saturated carbocycles. The van der Waals surface area contributed by atoms with Crippen molar-refractivity contribution in [2.45, 2.75) is 171 Å². The summed E-state index contributed by atoms with van der Waals surface area (Å²) in [7, 11) is 0. The summed E-state index contributed by atoms with van der Waals surface area (Å²) in [5.41, 5.74) is 8.09. The molecule has 0 spiro atoms. The van der Waals surface area contributed by atoms with E-state index in [0.717, 1.165) is 29.7 Å². The van der Waals surface area contributed by atoms with Crippen LogP contribution in [0.2, 0.25) is 0 Å². The van der Waals surface area contributed by atoms with Gasteiger partial charge >= 0.3 is 0 Å². The van der Waals surface area contributed by atoms with Crippen molar-refractivity contribution in [1.29, 1.82) is 0 Å². The molecule has 2 unspecified atom stereocenters. The first-order chi connectivity index (χ1) is 22.7. The summed E-state index contributed by atoms with van der Waals surface area (Å²) in [6, 6.07) is 23.1. The van der Waals surface area contributed by atoms with E-state index in [0.29, 0.717) is 35.6 Å². The molecule has 278 valence electrons. The van der Waals surface area contributed by atoms with E-state index in [1.165, 1.54) is 28.7 Å². The van der Waals surface area contributed by atoms with E-state index in [9.17, 15) is 5.11 Å². The molecule has 3 aromatic carbocycles. The Morgan fingerprint density at radius 1 is 0.660 bits per heavy atom. The predicted octanol–water partition coefficient (Wildman–Crippen LogP) is 13.1. The molecule has 3 rings (SSSR count). The number of anilines is 1. The van der Waals surface area contributed by atoms with Gasteiger partial charge in [0.15, 0.2) is 0 Å². The van der Waals surface area contributed by atoms with E-state index < -0.39 is 0 Å². The van der Waals surface area contributed by atoms with Crippen molar-refractivity contribution in [3.63, 3.8) is 0 Å². The predicted molar refractivity (Wildman–Crippen MR) is 219 cm³/mol. The Balaban J connectivity index is 1.90. The second-order valence-corrected chi connectivity index (χ2v) is 20.3. The van der Waals surface area contributed by atoms with Gasteiger partial charge in [-0.25, -0.2) is 0 Å². The second-order valence-electron chi connectivity index (χ2n) is 20.3. The maximum absolute atomic E-state index is 11.8. The van der Waals surface area contributed by atoms with Crippen LogP contribution in [0.3, 0.4) is 0 Å². The first-order valence-electron chi connectivity index (χ1n) is 19.3. The largest absolute Gasteiger partial charge is 0.507 e. The topological polar surface area (TPSA) is 35.5 Å². The highest BCUT2D eigenvalue weighted by Crippen LogP contribution is 2.41. The van der Waals surface area contributed by atoms with E-state index in [4.69, 9.17) is 0 Å². The van der Waals surface area contributed by atoms with Crippen LogP contribution in [-0.4, -0.2) is 16.0 Å². The van der Waals surface area contributed by atoms with E-state index in [1.807, 2.05) is 0 Å². The zero-order valence-electron chi connectivity index (χ0n) is 35.2. The van der Waals surface area contributed by atoms with Gasteiger partial charge in [-0.05, 0) is 122 Å². The third-order valence-electron chi connectivity index (χ3n) is 10.5. The molecule has 2 atom stereocenters. The molecule has 0 heterocycles. The molecule has 0 aromatic heterocycles. The van der Waals surface area contributed by atoms with Gasteiger partial charge in [0.05, 0.1) is 5.54 Å². The van der Waals surface area contributed by atoms with Crippen LogP contribution in [0.1, 0.15) is 164 Å². The van der Waals surface area contributed by atoms with Crippen LogP contribution in [0.15, 0.2) is 60.7 Å². The summed E-state index contributed by atoms with van der Waals surface area (Å²) in [6.45, 7) is 39.6. The second kappa shape index (κ2) is 15.4. The van der Waals surface area contributed by atoms with Crippen LogP contribution in [0.25, 0.3) is 0 Å². The fourth-order valence-corrected chi connectivity index (χ4v) is 7.85. The number of nitrogens with zero attached hydrogens (tertiary/aromatic N) is 1. The van der Waals surface area contributed by atoms with Crippen molar-refractivity contribution in [3.05, 3.63) is 94.0 Å². The molecule has 0 bridgehead atoms. The van der Waals surface area contributed by atoms with Crippen molar-refractivity contribution < 1.29 is 5.11 Å². The molecular weight excluding hydrogens is 609 g/mol. The number of phenols is 1. The Morgan fingerprint density at radius 3 is 1.68 bits per heavy atom. The first kappa shape index (κ1) is 41.6. The SMILES string of the molecule is CC(C)CC(C)N(Cc1cc(C(C)(C)C)cc(C(C)(C)C)c1O)C(C)(C)c1ccc(NC(C)(C)c2ccc(CC(C)CC(C)(C)C)cc2)cc1. The third-order valence-corrected chi connectivity index (χ3v) is 10.5. The van der Waals surface area contributed by atoms with E-state index in [2.05, 4.69) is 189 Å². The highest BCUT2D eigenvalue weighted by molar-refractivity contribution is 5.51. The standard InChI is InChI=1S/C47H74N2O/c1-32(2)26-34(4)49(31-36-28-39(44(8,9)10)29-41(42(36)50)45(11,12)13)47(16,17)38-22-24-40(25-23-38)48-46(14,15)37-20-18-35(19-21-37)27-33(3)30-43(5,6)7/h18-25,28-29,32-34,48,50H,26-27,30-31H2,1-17H3. The Bertz CT molecular complexity index is 1520. The smallest absolute Gasteiger partial charge is 0.123 e. The molecule has 0 fully saturated rings. The molecule has 2 N–H and O–H groups in total. The van der Waals surface area contributed by atoms with Crippen molar-refractivity contribution >= 4 is 5.69 Å². The number of phenolic OH excluding ortho intramolecular Hbond substituents is 1. The molecule has 0 amide bonds. The average molecular weight is 683 g/mol. The molecule has 0 radical (unpaired) electrons. The lowest BCUT2D eigenvalue weighted by molar-refractivity contribution is 0.0542. The van der Waals surface area contributed by atoms with Crippen LogP contribution in [0, 0.1) is 17.3 Å². The molecule has 3 nitrogen and oxygen atoms in total. The van der Waals surface area contributed by atoms with Crippen molar-refractivity contribution in [1.82, 2.24) is 4.90 Å². The zero-order chi connectivity index (χ0) is 38.0. The molecule has 0 aliphatic rings. The molecule has 3 aromatic rings. The van der Waals surface area contributed by atoms with Gasteiger partial charge in [0.25, 0.3) is 0 Å². The average Bonchev–Trinajstić information content (AvgIpc) is 2.94. The number of benzene rings is 3. The minimum atomic E-state index is -0.269. The number of aromatic hydroxyl groups is 1. The number of hydrogen-bond acceptors (Lipinski definition) is 3. The Hall–Kier alpha value is -2.78. The Labute approximate surface area is 308 Å². The summed E-state index contributed by atoms with van der Waals surface area (Å²) in [6.07, 6.45) is 3.43. The van der Waals surface area contributed by atoms with E-state index in [1.54, 1.807) is 0 Å². The van der Waals surface area contributed by atoms with Gasteiger partial charge in [-0.3, -0.25) is 4.90 Å². The molecular formula is C47H74N2O. The van der Waals surface area contributed by atoms with Gasteiger partial charge in [0.1, 0.15) is 5.75 Å². The molecule has 0 aliphatic carbocycles. The van der Waals surface area contributed by atoms with Gasteiger partial charge < -0.3 is 10.4 Å². The highest BCUT2D eigenvalue weighted by atomic mass is 16.3. The molecule has 0 aliphatic heterocycles. The van der Waals surface area contributed by atoms with Gasteiger partial charge in [-0.1, -0.05) is 132 Å². The zero-order valence-corrected chi connectivity index (χ0v) is 35.2. The Kier molecular flexibility index (Phi) is 12.9. The van der Waals surface area contributed by atoms with Crippen molar-refractivity contribution in [3.8, 4) is 5.75 Å². The lowest BCUT2D eigenvalue weighted by Crippen LogP contribution is -2.47. The Morgan fingerprint density at radius 2 is 1.20 bits per heavy atom. The van der Waals surface area contributed by atoms with Crippen molar-refractivity contribution in [2.24, 2.45) is 17.3 Å². The normalized spacial score (nSPS) is 14.7. The number of nitrogens with one attached hydrogen (secondary N) is 1. The van der Waals surface area contributed by atoms with Gasteiger partial charge in [-0.15, -0.1) is 0 Å². The maximum atomic E-state index is 11.8. The number of hydrogen-bond donors (Lipinski definition) is 2. The van der Waals surface area contributed by atoms with Crippen molar-refractivity contribution in [2.75, 3.05) is 5.32 Å². The monoisotopic (exact) mass is 683 g/mol. The summed E-state index contributed by atoms with van der Waals surface area (Å²) >= 11 is 0. The minimum absolute atomic E-state index is 0.0182. The highest BCUT2D eigenvalue weighted by Gasteiger charge is 2.35.